The number of benzene rings is 1. The van der Waals surface area contributed by atoms with Gasteiger partial charge in [-0.05, 0) is 25.1 Å². The molecule has 1 unspecified atom stereocenters. The zero-order valence-electron chi connectivity index (χ0n) is 9.60. The molecule has 0 aliphatic rings. The zero-order valence-corrected chi connectivity index (χ0v) is 10.4. The minimum Gasteiger partial charge on any atom is -0.397 e. The molecule has 1 aromatic heterocycles. The molecule has 2 aromatic rings. The molecular formula is C12H15ClN4. The quantitative estimate of drug-likeness (QED) is 0.821. The molecule has 2 rings (SSSR count). The van der Waals surface area contributed by atoms with E-state index in [1.165, 1.54) is 0 Å². The Labute approximate surface area is 105 Å². The van der Waals surface area contributed by atoms with Gasteiger partial charge in [0.1, 0.15) is 0 Å². The fraction of sp³-hybridized carbons (Fsp3) is 0.250. The Morgan fingerprint density at radius 3 is 3.00 bits per heavy atom. The molecule has 4 nitrogen and oxygen atoms in total. The third-order valence-corrected chi connectivity index (χ3v) is 2.69. The molecule has 0 saturated heterocycles. The van der Waals surface area contributed by atoms with Crippen molar-refractivity contribution in [2.45, 2.75) is 19.5 Å². The fourth-order valence-electron chi connectivity index (χ4n) is 1.69. The average Bonchev–Trinajstić information content (AvgIpc) is 2.75. The molecule has 5 heteroatoms. The third-order valence-electron chi connectivity index (χ3n) is 2.46. The summed E-state index contributed by atoms with van der Waals surface area (Å²) in [6.45, 7) is 2.93. The highest BCUT2D eigenvalue weighted by atomic mass is 35.5. The van der Waals surface area contributed by atoms with Crippen molar-refractivity contribution in [3.63, 3.8) is 0 Å². The monoisotopic (exact) mass is 250 g/mol. The van der Waals surface area contributed by atoms with Crippen LogP contribution >= 0.6 is 11.6 Å². The molecule has 0 radical (unpaired) electrons. The van der Waals surface area contributed by atoms with Crippen LogP contribution in [0.3, 0.4) is 0 Å². The summed E-state index contributed by atoms with van der Waals surface area (Å²) in [5.74, 6) is 0. The lowest BCUT2D eigenvalue weighted by Crippen LogP contribution is -2.21. The van der Waals surface area contributed by atoms with E-state index < -0.39 is 0 Å². The first kappa shape index (κ1) is 11.8. The zero-order chi connectivity index (χ0) is 12.3. The molecule has 0 saturated carbocycles. The second kappa shape index (κ2) is 5.10. The number of imidazole rings is 1. The van der Waals surface area contributed by atoms with Gasteiger partial charge < -0.3 is 15.6 Å². The number of hydrogen-bond acceptors (Lipinski definition) is 3. The normalized spacial score (nSPS) is 12.4. The summed E-state index contributed by atoms with van der Waals surface area (Å²) in [6.07, 6.45) is 5.50. The van der Waals surface area contributed by atoms with E-state index >= 15 is 0 Å². The van der Waals surface area contributed by atoms with Crippen LogP contribution in [0.4, 0.5) is 11.4 Å². The molecule has 0 aliphatic carbocycles. The standard InChI is InChI=1S/C12H15ClN4/c1-9(7-17-5-4-15-8-17)16-12-3-2-10(13)6-11(12)14/h2-6,8-9,16H,7,14H2,1H3. The summed E-state index contributed by atoms with van der Waals surface area (Å²) in [7, 11) is 0. The van der Waals surface area contributed by atoms with E-state index in [1.807, 2.05) is 22.9 Å². The van der Waals surface area contributed by atoms with E-state index in [2.05, 4.69) is 17.2 Å². The van der Waals surface area contributed by atoms with Gasteiger partial charge >= 0.3 is 0 Å². The maximum absolute atomic E-state index is 5.88. The first-order valence-corrected chi connectivity index (χ1v) is 5.80. The van der Waals surface area contributed by atoms with E-state index in [-0.39, 0.29) is 6.04 Å². The summed E-state index contributed by atoms with van der Waals surface area (Å²) in [6, 6.07) is 5.72. The number of nitrogens with two attached hydrogens (primary N) is 1. The maximum Gasteiger partial charge on any atom is 0.0946 e. The molecule has 3 N–H and O–H groups in total. The van der Waals surface area contributed by atoms with E-state index in [1.54, 1.807) is 18.6 Å². The van der Waals surface area contributed by atoms with E-state index in [9.17, 15) is 0 Å². The number of anilines is 2. The number of hydrogen-bond donors (Lipinski definition) is 2. The second-order valence-electron chi connectivity index (χ2n) is 4.04. The largest absolute Gasteiger partial charge is 0.397 e. The summed E-state index contributed by atoms with van der Waals surface area (Å²) in [4.78, 5) is 4.00. The number of aromatic nitrogens is 2. The van der Waals surface area contributed by atoms with Crippen molar-refractivity contribution >= 4 is 23.0 Å². The average molecular weight is 251 g/mol. The Morgan fingerprint density at radius 1 is 1.53 bits per heavy atom. The highest BCUT2D eigenvalue weighted by Crippen LogP contribution is 2.23. The van der Waals surface area contributed by atoms with Crippen LogP contribution < -0.4 is 11.1 Å². The topological polar surface area (TPSA) is 55.9 Å². The molecule has 1 atom stereocenters. The minimum absolute atomic E-state index is 0.257. The van der Waals surface area contributed by atoms with E-state index in [4.69, 9.17) is 17.3 Å². The first-order chi connectivity index (χ1) is 8.15. The highest BCUT2D eigenvalue weighted by molar-refractivity contribution is 6.31. The van der Waals surface area contributed by atoms with Crippen LogP contribution in [-0.4, -0.2) is 15.6 Å². The maximum atomic E-state index is 5.88. The van der Waals surface area contributed by atoms with Crippen LogP contribution in [0.25, 0.3) is 0 Å². The SMILES string of the molecule is CC(Cn1ccnc1)Nc1ccc(Cl)cc1N. The molecule has 0 bridgehead atoms. The van der Waals surface area contributed by atoms with Crippen molar-refractivity contribution in [1.29, 1.82) is 0 Å². The predicted octanol–water partition coefficient (Wildman–Crippen LogP) is 2.62. The van der Waals surface area contributed by atoms with Gasteiger partial charge in [0, 0.05) is 30.0 Å². The van der Waals surface area contributed by atoms with Crippen LogP contribution in [0.2, 0.25) is 5.02 Å². The van der Waals surface area contributed by atoms with Crippen LogP contribution in [-0.2, 0) is 6.54 Å². The molecule has 0 aliphatic heterocycles. The van der Waals surface area contributed by atoms with Crippen molar-refractivity contribution < 1.29 is 0 Å². The van der Waals surface area contributed by atoms with Crippen molar-refractivity contribution in [2.24, 2.45) is 0 Å². The summed E-state index contributed by atoms with van der Waals surface area (Å²) < 4.78 is 2.02. The number of nitrogens with one attached hydrogen (secondary N) is 1. The Kier molecular flexibility index (Phi) is 3.54. The van der Waals surface area contributed by atoms with Crippen molar-refractivity contribution in [3.8, 4) is 0 Å². The van der Waals surface area contributed by atoms with Crippen molar-refractivity contribution in [1.82, 2.24) is 9.55 Å². The van der Waals surface area contributed by atoms with E-state index in [0.29, 0.717) is 10.7 Å². The molecule has 1 aromatic carbocycles. The number of rotatable bonds is 4. The minimum atomic E-state index is 0.257. The fourth-order valence-corrected chi connectivity index (χ4v) is 1.87. The van der Waals surface area contributed by atoms with Crippen LogP contribution in [0.5, 0.6) is 0 Å². The van der Waals surface area contributed by atoms with Gasteiger partial charge in [-0.1, -0.05) is 11.6 Å². The molecule has 0 amide bonds. The lowest BCUT2D eigenvalue weighted by molar-refractivity contribution is 0.619. The molecule has 90 valence electrons. The van der Waals surface area contributed by atoms with Gasteiger partial charge in [-0.15, -0.1) is 0 Å². The van der Waals surface area contributed by atoms with Gasteiger partial charge in [0.25, 0.3) is 0 Å². The molecule has 0 fully saturated rings. The third kappa shape index (κ3) is 3.14. The Balaban J connectivity index is 2.00. The molecule has 17 heavy (non-hydrogen) atoms. The molecule has 1 heterocycles. The van der Waals surface area contributed by atoms with Gasteiger partial charge in [-0.2, -0.15) is 0 Å². The second-order valence-corrected chi connectivity index (χ2v) is 4.47. The molecule has 0 spiro atoms. The summed E-state index contributed by atoms with van der Waals surface area (Å²) in [5, 5.41) is 3.99. The lowest BCUT2D eigenvalue weighted by Gasteiger charge is -2.17. The number of halogens is 1. The number of nitrogen functional groups attached to an aromatic ring is 1. The van der Waals surface area contributed by atoms with Gasteiger partial charge in [0.15, 0.2) is 0 Å². The highest BCUT2D eigenvalue weighted by Gasteiger charge is 2.05. The smallest absolute Gasteiger partial charge is 0.0946 e. The van der Waals surface area contributed by atoms with Gasteiger partial charge in [0.2, 0.25) is 0 Å². The predicted molar refractivity (Wildman–Crippen MR) is 71.2 cm³/mol. The van der Waals surface area contributed by atoms with Gasteiger partial charge in [0.05, 0.1) is 17.7 Å². The van der Waals surface area contributed by atoms with Crippen molar-refractivity contribution in [2.75, 3.05) is 11.1 Å². The Bertz CT molecular complexity index is 481. The Morgan fingerprint density at radius 2 is 2.35 bits per heavy atom. The van der Waals surface area contributed by atoms with E-state index in [0.717, 1.165) is 12.2 Å². The Hall–Kier alpha value is -1.68. The lowest BCUT2D eigenvalue weighted by atomic mass is 10.2. The summed E-state index contributed by atoms with van der Waals surface area (Å²) in [5.41, 5.74) is 7.44. The molecular weight excluding hydrogens is 236 g/mol. The van der Waals surface area contributed by atoms with Crippen LogP contribution in [0.15, 0.2) is 36.9 Å². The van der Waals surface area contributed by atoms with Crippen LogP contribution in [0.1, 0.15) is 6.92 Å². The van der Waals surface area contributed by atoms with Gasteiger partial charge in [-0.25, -0.2) is 4.98 Å². The number of nitrogens with zero attached hydrogens (tertiary/aromatic N) is 2. The van der Waals surface area contributed by atoms with Crippen molar-refractivity contribution in [3.05, 3.63) is 41.9 Å². The van der Waals surface area contributed by atoms with Gasteiger partial charge in [-0.3, -0.25) is 0 Å². The first-order valence-electron chi connectivity index (χ1n) is 5.42. The summed E-state index contributed by atoms with van der Waals surface area (Å²) >= 11 is 5.85. The van der Waals surface area contributed by atoms with Crippen LogP contribution in [0, 0.1) is 0 Å².